The number of hydrogen-bond donors (Lipinski definition) is 0. The van der Waals surface area contributed by atoms with Crippen molar-refractivity contribution in [3.8, 4) is 0 Å². The van der Waals surface area contributed by atoms with Crippen molar-refractivity contribution >= 4 is 21.7 Å². The predicted molar refractivity (Wildman–Crippen MR) is 97.3 cm³/mol. The number of likely N-dealkylation sites (tertiary alicyclic amines) is 1. The zero-order valence-corrected chi connectivity index (χ0v) is 14.8. The van der Waals surface area contributed by atoms with E-state index in [-0.39, 0.29) is 5.92 Å². The lowest BCUT2D eigenvalue weighted by Gasteiger charge is -2.31. The van der Waals surface area contributed by atoms with Gasteiger partial charge in [-0.05, 0) is 43.1 Å². The SMILES string of the molecule is O=C(Cc1ccccc1Br)C1CCN(Cc2ccccc2)CC1. The van der Waals surface area contributed by atoms with Crippen LogP contribution in [0.1, 0.15) is 24.0 Å². The minimum atomic E-state index is 0.217. The van der Waals surface area contributed by atoms with Crippen LogP contribution in [0.25, 0.3) is 0 Å². The summed E-state index contributed by atoms with van der Waals surface area (Å²) in [7, 11) is 0. The molecule has 1 aliphatic heterocycles. The van der Waals surface area contributed by atoms with Crippen molar-refractivity contribution in [2.75, 3.05) is 13.1 Å². The number of nitrogens with zero attached hydrogens (tertiary/aromatic N) is 1. The van der Waals surface area contributed by atoms with Crippen molar-refractivity contribution in [2.45, 2.75) is 25.8 Å². The lowest BCUT2D eigenvalue weighted by atomic mass is 9.89. The zero-order valence-electron chi connectivity index (χ0n) is 13.2. The van der Waals surface area contributed by atoms with Crippen molar-refractivity contribution in [1.82, 2.24) is 4.90 Å². The summed E-state index contributed by atoms with van der Waals surface area (Å²) in [5, 5.41) is 0. The molecule has 0 bridgehead atoms. The molecule has 0 radical (unpaired) electrons. The molecule has 2 nitrogen and oxygen atoms in total. The first-order valence-corrected chi connectivity index (χ1v) is 9.04. The average Bonchev–Trinajstić information content (AvgIpc) is 2.58. The Bertz CT molecular complexity index is 648. The van der Waals surface area contributed by atoms with Gasteiger partial charge in [0.1, 0.15) is 5.78 Å². The third-order valence-corrected chi connectivity index (χ3v) is 5.39. The molecule has 2 aromatic carbocycles. The van der Waals surface area contributed by atoms with Gasteiger partial charge < -0.3 is 0 Å². The molecule has 0 spiro atoms. The van der Waals surface area contributed by atoms with E-state index in [2.05, 4.69) is 51.2 Å². The molecule has 3 rings (SSSR count). The summed E-state index contributed by atoms with van der Waals surface area (Å²) < 4.78 is 1.04. The molecule has 1 saturated heterocycles. The lowest BCUT2D eigenvalue weighted by molar-refractivity contribution is -0.123. The number of rotatable bonds is 5. The first-order chi connectivity index (χ1) is 11.2. The highest BCUT2D eigenvalue weighted by molar-refractivity contribution is 9.10. The highest BCUT2D eigenvalue weighted by Crippen LogP contribution is 2.23. The number of ketones is 1. The molecular formula is C20H22BrNO. The van der Waals surface area contributed by atoms with E-state index in [1.54, 1.807) is 0 Å². The molecule has 120 valence electrons. The van der Waals surface area contributed by atoms with Crippen LogP contribution in [0.15, 0.2) is 59.1 Å². The lowest BCUT2D eigenvalue weighted by Crippen LogP contribution is -2.36. The number of hydrogen-bond acceptors (Lipinski definition) is 2. The van der Waals surface area contributed by atoms with Crippen molar-refractivity contribution in [2.24, 2.45) is 5.92 Å². The van der Waals surface area contributed by atoms with Crippen LogP contribution in [0.4, 0.5) is 0 Å². The summed E-state index contributed by atoms with van der Waals surface area (Å²) in [4.78, 5) is 15.0. The number of Topliss-reactive ketones (excluding diaryl/α,β-unsaturated/α-hetero) is 1. The molecule has 1 heterocycles. The fourth-order valence-corrected chi connectivity index (χ4v) is 3.65. The molecule has 0 aliphatic carbocycles. The second kappa shape index (κ2) is 7.89. The topological polar surface area (TPSA) is 20.3 Å². The standard InChI is InChI=1S/C20H22BrNO/c21-19-9-5-4-8-18(19)14-20(23)17-10-12-22(13-11-17)15-16-6-2-1-3-7-16/h1-9,17H,10-15H2. The van der Waals surface area contributed by atoms with E-state index in [0.29, 0.717) is 12.2 Å². The summed E-state index contributed by atoms with van der Waals surface area (Å²) in [5.41, 5.74) is 2.45. The Morgan fingerprint density at radius 2 is 1.65 bits per heavy atom. The molecule has 0 aromatic heterocycles. The van der Waals surface area contributed by atoms with E-state index in [4.69, 9.17) is 0 Å². The van der Waals surface area contributed by atoms with E-state index < -0.39 is 0 Å². The summed E-state index contributed by atoms with van der Waals surface area (Å²) >= 11 is 3.53. The maximum atomic E-state index is 12.5. The maximum Gasteiger partial charge on any atom is 0.140 e. The molecule has 0 amide bonds. The van der Waals surface area contributed by atoms with Gasteiger partial charge in [-0.25, -0.2) is 0 Å². The molecular weight excluding hydrogens is 350 g/mol. The average molecular weight is 372 g/mol. The van der Waals surface area contributed by atoms with Gasteiger partial charge in [-0.15, -0.1) is 0 Å². The van der Waals surface area contributed by atoms with Gasteiger partial charge in [0.15, 0.2) is 0 Å². The van der Waals surface area contributed by atoms with Crippen LogP contribution in [0, 0.1) is 5.92 Å². The molecule has 0 N–H and O–H groups in total. The predicted octanol–water partition coefficient (Wildman–Crippen LogP) is 4.47. The first kappa shape index (κ1) is 16.4. The number of carbonyl (C=O) groups is 1. The van der Waals surface area contributed by atoms with Crippen molar-refractivity contribution in [1.29, 1.82) is 0 Å². The van der Waals surface area contributed by atoms with Crippen molar-refractivity contribution in [3.05, 3.63) is 70.2 Å². The molecule has 1 fully saturated rings. The van der Waals surface area contributed by atoms with E-state index in [0.717, 1.165) is 42.5 Å². The van der Waals surface area contributed by atoms with Crippen LogP contribution in [-0.2, 0) is 17.8 Å². The minimum Gasteiger partial charge on any atom is -0.299 e. The quantitative estimate of drug-likeness (QED) is 0.772. The summed E-state index contributed by atoms with van der Waals surface area (Å²) in [5.74, 6) is 0.602. The zero-order chi connectivity index (χ0) is 16.1. The summed E-state index contributed by atoms with van der Waals surface area (Å²) in [6.07, 6.45) is 2.51. The fourth-order valence-electron chi connectivity index (χ4n) is 3.23. The van der Waals surface area contributed by atoms with Gasteiger partial charge in [0.25, 0.3) is 0 Å². The largest absolute Gasteiger partial charge is 0.299 e. The smallest absolute Gasteiger partial charge is 0.140 e. The molecule has 23 heavy (non-hydrogen) atoms. The number of halogens is 1. The summed E-state index contributed by atoms with van der Waals surface area (Å²) in [6.45, 7) is 3.02. The number of piperidine rings is 1. The highest BCUT2D eigenvalue weighted by atomic mass is 79.9. The summed E-state index contributed by atoms with van der Waals surface area (Å²) in [6, 6.07) is 18.6. The maximum absolute atomic E-state index is 12.5. The van der Waals surface area contributed by atoms with Crippen molar-refractivity contribution in [3.63, 3.8) is 0 Å². The monoisotopic (exact) mass is 371 g/mol. The molecule has 0 unspecified atom stereocenters. The molecule has 3 heteroatoms. The number of carbonyl (C=O) groups excluding carboxylic acids is 1. The van der Waals surface area contributed by atoms with Crippen LogP contribution in [0.5, 0.6) is 0 Å². The first-order valence-electron chi connectivity index (χ1n) is 8.25. The van der Waals surface area contributed by atoms with E-state index in [1.165, 1.54) is 5.56 Å². The fraction of sp³-hybridized carbons (Fsp3) is 0.350. The Hall–Kier alpha value is -1.45. The number of benzene rings is 2. The van der Waals surface area contributed by atoms with Crippen LogP contribution in [0.3, 0.4) is 0 Å². The second-order valence-corrected chi connectivity index (χ2v) is 7.12. The van der Waals surface area contributed by atoms with E-state index >= 15 is 0 Å². The molecule has 1 aliphatic rings. The Labute approximate surface area is 146 Å². The highest BCUT2D eigenvalue weighted by Gasteiger charge is 2.25. The van der Waals surface area contributed by atoms with Crippen LogP contribution >= 0.6 is 15.9 Å². The Balaban J connectivity index is 1.50. The van der Waals surface area contributed by atoms with Gasteiger partial charge in [-0.1, -0.05) is 64.5 Å². The van der Waals surface area contributed by atoms with Gasteiger partial charge in [0.2, 0.25) is 0 Å². The second-order valence-electron chi connectivity index (χ2n) is 6.27. The Morgan fingerprint density at radius 3 is 2.35 bits per heavy atom. The normalized spacial score (nSPS) is 16.4. The third kappa shape index (κ3) is 4.52. The third-order valence-electron chi connectivity index (χ3n) is 4.61. The molecule has 0 saturated carbocycles. The van der Waals surface area contributed by atoms with E-state index in [9.17, 15) is 4.79 Å². The Morgan fingerprint density at radius 1 is 1.00 bits per heavy atom. The van der Waals surface area contributed by atoms with E-state index in [1.807, 2.05) is 24.3 Å². The van der Waals surface area contributed by atoms with Crippen LogP contribution in [0.2, 0.25) is 0 Å². The molecule has 2 aromatic rings. The Kier molecular flexibility index (Phi) is 5.63. The van der Waals surface area contributed by atoms with Crippen LogP contribution in [-0.4, -0.2) is 23.8 Å². The van der Waals surface area contributed by atoms with Gasteiger partial charge in [-0.3, -0.25) is 9.69 Å². The van der Waals surface area contributed by atoms with Crippen molar-refractivity contribution < 1.29 is 4.79 Å². The minimum absolute atomic E-state index is 0.217. The van der Waals surface area contributed by atoms with Gasteiger partial charge >= 0.3 is 0 Å². The molecule has 0 atom stereocenters. The van der Waals surface area contributed by atoms with Gasteiger partial charge in [-0.2, -0.15) is 0 Å². The van der Waals surface area contributed by atoms with Crippen LogP contribution < -0.4 is 0 Å². The van der Waals surface area contributed by atoms with Gasteiger partial charge in [0, 0.05) is 23.4 Å². The van der Waals surface area contributed by atoms with Gasteiger partial charge in [0.05, 0.1) is 0 Å².